The smallest absolute Gasteiger partial charge is 0.416 e. The van der Waals surface area contributed by atoms with Crippen molar-refractivity contribution in [2.75, 3.05) is 20.5 Å². The number of hydrogen-bond donors (Lipinski definition) is 0. The number of carbonyl (C=O) groups excluding carboxylic acids is 2. The summed E-state index contributed by atoms with van der Waals surface area (Å²) >= 11 is 1.25. The van der Waals surface area contributed by atoms with Gasteiger partial charge in [-0.25, -0.2) is 19.6 Å². The number of methoxy groups -OCH3 is 2. The van der Waals surface area contributed by atoms with Crippen LogP contribution in [0.4, 0.5) is 31.1 Å². The Labute approximate surface area is 293 Å². The van der Waals surface area contributed by atoms with Crippen LogP contribution in [0.2, 0.25) is 0 Å². The summed E-state index contributed by atoms with van der Waals surface area (Å²) < 4.78 is 98.9. The Bertz CT molecular complexity index is 1980. The summed E-state index contributed by atoms with van der Waals surface area (Å²) in [5, 5.41) is 0.373. The minimum Gasteiger partial charge on any atom is -0.496 e. The summed E-state index contributed by atoms with van der Waals surface area (Å²) in [6, 6.07) is 11.9. The van der Waals surface area contributed by atoms with Crippen LogP contribution in [0.1, 0.15) is 63.7 Å². The van der Waals surface area contributed by atoms with Gasteiger partial charge in [0.2, 0.25) is 0 Å². The van der Waals surface area contributed by atoms with E-state index >= 15 is 0 Å². The Morgan fingerprint density at radius 3 is 2.20 bits per heavy atom. The van der Waals surface area contributed by atoms with Crippen molar-refractivity contribution < 1.29 is 50.1 Å². The molecule has 0 N–H and O–H groups in total. The molecule has 1 saturated carbocycles. The van der Waals surface area contributed by atoms with Crippen molar-refractivity contribution in [2.45, 2.75) is 61.9 Å². The predicted molar refractivity (Wildman–Crippen MR) is 175 cm³/mol. The molecule has 51 heavy (non-hydrogen) atoms. The number of nitrogens with zero attached hydrogens (tertiary/aromatic N) is 3. The number of hydrogen-bond acceptors (Lipinski definition) is 8. The highest BCUT2D eigenvalue weighted by Gasteiger charge is 2.59. The number of esters is 1. The van der Waals surface area contributed by atoms with Crippen molar-refractivity contribution in [3.8, 4) is 28.0 Å². The van der Waals surface area contributed by atoms with Gasteiger partial charge in [-0.3, -0.25) is 4.90 Å². The number of ether oxygens (including phenoxy) is 3. The SMILES string of the molecule is COC(=O)c1ccc(-c2ccc(OC)c(-c3cnc(SC)nc3CN3C(=O)OC(c4cc(C(F)(F)F)cc(C(F)(F)F)c4)C34CCC4)c2)c(C)c1. The van der Waals surface area contributed by atoms with Crippen molar-refractivity contribution in [1.29, 1.82) is 0 Å². The van der Waals surface area contributed by atoms with Gasteiger partial charge in [0.15, 0.2) is 11.3 Å². The Morgan fingerprint density at radius 1 is 0.961 bits per heavy atom. The highest BCUT2D eigenvalue weighted by molar-refractivity contribution is 7.98. The molecule has 1 aliphatic heterocycles. The van der Waals surface area contributed by atoms with Crippen LogP contribution in [-0.2, 0) is 28.4 Å². The van der Waals surface area contributed by atoms with E-state index in [1.165, 1.54) is 30.9 Å². The van der Waals surface area contributed by atoms with Crippen LogP contribution in [0.15, 0.2) is 66.0 Å². The average Bonchev–Trinajstić information content (AvgIpc) is 3.38. The second-order valence-electron chi connectivity index (χ2n) is 12.3. The Kier molecular flexibility index (Phi) is 9.46. The fourth-order valence-corrected chi connectivity index (χ4v) is 7.07. The maximum Gasteiger partial charge on any atom is 0.416 e. The molecule has 1 saturated heterocycles. The van der Waals surface area contributed by atoms with Crippen LogP contribution in [-0.4, -0.2) is 52.9 Å². The molecule has 0 radical (unpaired) electrons. The zero-order valence-corrected chi connectivity index (χ0v) is 28.6. The van der Waals surface area contributed by atoms with Gasteiger partial charge in [0.25, 0.3) is 0 Å². The molecular formula is C36H31F6N3O5S. The van der Waals surface area contributed by atoms with Crippen molar-refractivity contribution in [3.63, 3.8) is 0 Å². The largest absolute Gasteiger partial charge is 0.496 e. The molecule has 8 nitrogen and oxygen atoms in total. The van der Waals surface area contributed by atoms with Crippen molar-refractivity contribution in [1.82, 2.24) is 14.9 Å². The molecule has 4 aromatic rings. The Morgan fingerprint density at radius 2 is 1.65 bits per heavy atom. The van der Waals surface area contributed by atoms with Gasteiger partial charge in [-0.2, -0.15) is 26.3 Å². The van der Waals surface area contributed by atoms with Crippen LogP contribution in [0.25, 0.3) is 22.3 Å². The molecule has 2 heterocycles. The number of halogens is 6. The third-order valence-electron chi connectivity index (χ3n) is 9.38. The van der Waals surface area contributed by atoms with Gasteiger partial charge in [0.1, 0.15) is 5.75 Å². The summed E-state index contributed by atoms with van der Waals surface area (Å²) in [4.78, 5) is 36.2. The molecular weight excluding hydrogens is 700 g/mol. The van der Waals surface area contributed by atoms with Gasteiger partial charge in [0.05, 0.1) is 48.7 Å². The summed E-state index contributed by atoms with van der Waals surface area (Å²) in [5.41, 5.74) is -0.393. The van der Waals surface area contributed by atoms with Crippen LogP contribution in [0, 0.1) is 6.92 Å². The molecule has 2 fully saturated rings. The van der Waals surface area contributed by atoms with Gasteiger partial charge in [0, 0.05) is 17.3 Å². The van der Waals surface area contributed by atoms with E-state index in [0.29, 0.717) is 51.8 Å². The predicted octanol–water partition coefficient (Wildman–Crippen LogP) is 9.29. The monoisotopic (exact) mass is 731 g/mol. The van der Waals surface area contributed by atoms with Crippen molar-refractivity contribution in [3.05, 3.63) is 94.3 Å². The Balaban J connectivity index is 1.42. The number of cyclic esters (lactones) is 1. The quantitative estimate of drug-likeness (QED) is 0.0767. The van der Waals surface area contributed by atoms with Gasteiger partial charge in [-0.15, -0.1) is 0 Å². The second kappa shape index (κ2) is 13.4. The van der Waals surface area contributed by atoms with E-state index in [2.05, 4.69) is 4.98 Å². The second-order valence-corrected chi connectivity index (χ2v) is 13.1. The lowest BCUT2D eigenvalue weighted by atomic mass is 9.70. The number of thioether (sulfide) groups is 1. The van der Waals surface area contributed by atoms with E-state index in [-0.39, 0.29) is 31.0 Å². The summed E-state index contributed by atoms with van der Waals surface area (Å²) in [6.45, 7) is 1.68. The molecule has 1 atom stereocenters. The van der Waals surface area contributed by atoms with Crippen molar-refractivity contribution >= 4 is 23.8 Å². The first-order valence-corrected chi connectivity index (χ1v) is 16.9. The maximum absolute atomic E-state index is 13.8. The molecule has 1 amide bonds. The van der Waals surface area contributed by atoms with Crippen LogP contribution in [0.5, 0.6) is 5.75 Å². The maximum atomic E-state index is 13.8. The lowest BCUT2D eigenvalue weighted by molar-refractivity contribution is -0.143. The zero-order chi connectivity index (χ0) is 36.9. The van der Waals surface area contributed by atoms with Crippen LogP contribution in [0.3, 0.4) is 0 Å². The summed E-state index contributed by atoms with van der Waals surface area (Å²) in [5.74, 6) is -0.0234. The Hall–Kier alpha value is -4.79. The highest BCUT2D eigenvalue weighted by Crippen LogP contribution is 2.55. The first-order valence-electron chi connectivity index (χ1n) is 15.6. The first kappa shape index (κ1) is 36.0. The van der Waals surface area contributed by atoms with E-state index in [4.69, 9.17) is 19.2 Å². The third-order valence-corrected chi connectivity index (χ3v) is 9.94. The minimum absolute atomic E-state index is 0.0547. The first-order chi connectivity index (χ1) is 24.1. The molecule has 15 heteroatoms. The van der Waals surface area contributed by atoms with Crippen LogP contribution >= 0.6 is 11.8 Å². The molecule has 1 aromatic heterocycles. The number of alkyl halides is 6. The number of amides is 1. The molecule has 1 unspecified atom stereocenters. The van der Waals surface area contributed by atoms with Gasteiger partial charge in [-0.05, 0) is 97.2 Å². The topological polar surface area (TPSA) is 90.9 Å². The molecule has 268 valence electrons. The van der Waals surface area contributed by atoms with Crippen molar-refractivity contribution in [2.24, 2.45) is 0 Å². The summed E-state index contributed by atoms with van der Waals surface area (Å²) in [7, 11) is 2.79. The lowest BCUT2D eigenvalue weighted by Gasteiger charge is -2.46. The van der Waals surface area contributed by atoms with Crippen LogP contribution < -0.4 is 4.74 Å². The summed E-state index contributed by atoms with van der Waals surface area (Å²) in [6.07, 6.45) is -7.91. The normalized spacial score (nSPS) is 16.9. The number of rotatable bonds is 8. The molecule has 3 aromatic carbocycles. The molecule has 0 bridgehead atoms. The average molecular weight is 732 g/mol. The van der Waals surface area contributed by atoms with E-state index in [0.717, 1.165) is 16.7 Å². The lowest BCUT2D eigenvalue weighted by Crippen LogP contribution is -2.53. The third kappa shape index (κ3) is 6.70. The fourth-order valence-electron chi connectivity index (χ4n) is 6.71. The van der Waals surface area contributed by atoms with E-state index in [1.54, 1.807) is 36.7 Å². The van der Waals surface area contributed by atoms with E-state index in [9.17, 15) is 35.9 Å². The van der Waals surface area contributed by atoms with E-state index < -0.39 is 47.2 Å². The minimum atomic E-state index is -5.06. The van der Waals surface area contributed by atoms with Gasteiger partial charge in [-0.1, -0.05) is 23.9 Å². The van der Waals surface area contributed by atoms with Gasteiger partial charge >= 0.3 is 24.4 Å². The molecule has 1 spiro atoms. The number of benzene rings is 3. The van der Waals surface area contributed by atoms with Gasteiger partial charge < -0.3 is 14.2 Å². The standard InChI is InChI=1S/C36H31F6N3O5S/c1-19-12-21(31(46)49-3)6-8-25(19)20-7-9-29(48-2)26(15-20)27-17-43-32(51-4)44-28(27)18-45-33(47)50-30(34(45)10-5-11-34)22-13-23(35(37,38)39)16-24(14-22)36(40,41)42/h6-9,12-17,30H,5,10-11,18H2,1-4H3. The van der Waals surface area contributed by atoms with E-state index in [1.807, 2.05) is 19.1 Å². The molecule has 2 aliphatic rings. The fraction of sp³-hybridized carbons (Fsp3) is 0.333. The number of aryl methyl sites for hydroxylation is 1. The molecule has 6 rings (SSSR count). The molecule has 1 aliphatic carbocycles. The number of aromatic nitrogens is 2. The zero-order valence-electron chi connectivity index (χ0n) is 27.7. The highest BCUT2D eigenvalue weighted by atomic mass is 32.2. The number of carbonyl (C=O) groups is 2.